The van der Waals surface area contributed by atoms with Gasteiger partial charge in [0, 0.05) is 25.1 Å². The van der Waals surface area contributed by atoms with E-state index in [2.05, 4.69) is 38.0 Å². The van der Waals surface area contributed by atoms with E-state index in [1.54, 1.807) is 17.8 Å². The van der Waals surface area contributed by atoms with Crippen LogP contribution in [0.25, 0.3) is 11.2 Å². The summed E-state index contributed by atoms with van der Waals surface area (Å²) in [4.78, 5) is 29.2. The number of nitrogens with one attached hydrogen (secondary N) is 1. The maximum absolute atomic E-state index is 12.6. The molecule has 0 aliphatic heterocycles. The van der Waals surface area contributed by atoms with Crippen molar-refractivity contribution >= 4 is 39.3 Å². The Morgan fingerprint density at radius 2 is 1.93 bits per heavy atom. The number of aromatic nitrogens is 4. The molecule has 0 aliphatic rings. The number of imidazole rings is 1. The van der Waals surface area contributed by atoms with Gasteiger partial charge in [0.15, 0.2) is 11.2 Å². The van der Waals surface area contributed by atoms with Crippen LogP contribution in [0.4, 0.5) is 5.95 Å². The molecule has 1 N–H and O–H groups in total. The predicted octanol–water partition coefficient (Wildman–Crippen LogP) is 2.22. The summed E-state index contributed by atoms with van der Waals surface area (Å²) in [7, 11) is 3.03. The number of hydrogen-bond donors (Lipinski definition) is 1. The second-order valence-electron chi connectivity index (χ2n) is 6.28. The predicted molar refractivity (Wildman–Crippen MR) is 110 cm³/mol. The smallest absolute Gasteiger partial charge is 0.299 e. The molecule has 0 unspecified atom stereocenters. The molecule has 1 aromatic carbocycles. The first kappa shape index (κ1) is 18.8. The van der Waals surface area contributed by atoms with Crippen molar-refractivity contribution in [3.05, 3.63) is 67.3 Å². The van der Waals surface area contributed by atoms with E-state index in [0.717, 1.165) is 20.2 Å². The van der Waals surface area contributed by atoms with Gasteiger partial charge in [0.2, 0.25) is 5.95 Å². The highest BCUT2D eigenvalue weighted by molar-refractivity contribution is 9.10. The summed E-state index contributed by atoms with van der Waals surface area (Å²) in [6.45, 7) is 6.14. The van der Waals surface area contributed by atoms with Crippen molar-refractivity contribution in [2.75, 3.05) is 5.43 Å². The highest BCUT2D eigenvalue weighted by atomic mass is 79.9. The number of allylic oxidation sites excluding steroid dienone is 1. The molecule has 3 aromatic rings. The van der Waals surface area contributed by atoms with E-state index in [9.17, 15) is 9.59 Å². The average Bonchev–Trinajstić information content (AvgIpc) is 2.98. The Labute approximate surface area is 163 Å². The summed E-state index contributed by atoms with van der Waals surface area (Å²) >= 11 is 3.39. The van der Waals surface area contributed by atoms with Crippen LogP contribution >= 0.6 is 15.9 Å². The quantitative estimate of drug-likeness (QED) is 0.381. The van der Waals surface area contributed by atoms with Gasteiger partial charge in [-0.05, 0) is 24.6 Å². The number of hydrogen-bond acceptors (Lipinski definition) is 5. The molecule has 0 saturated heterocycles. The Hall–Kier alpha value is -2.94. The van der Waals surface area contributed by atoms with E-state index in [1.165, 1.54) is 11.6 Å². The zero-order valence-corrected chi connectivity index (χ0v) is 16.8. The molecule has 3 rings (SSSR count). The van der Waals surface area contributed by atoms with Gasteiger partial charge in [-0.1, -0.05) is 40.2 Å². The van der Waals surface area contributed by atoms with Crippen molar-refractivity contribution in [2.24, 2.45) is 19.2 Å². The molecule has 0 amide bonds. The van der Waals surface area contributed by atoms with Crippen molar-refractivity contribution in [1.29, 1.82) is 0 Å². The van der Waals surface area contributed by atoms with Crippen LogP contribution < -0.4 is 16.7 Å². The molecule has 27 heavy (non-hydrogen) atoms. The number of anilines is 1. The van der Waals surface area contributed by atoms with Gasteiger partial charge in [-0.3, -0.25) is 18.5 Å². The third kappa shape index (κ3) is 3.63. The van der Waals surface area contributed by atoms with Crippen molar-refractivity contribution in [3.63, 3.8) is 0 Å². The van der Waals surface area contributed by atoms with Gasteiger partial charge in [0.25, 0.3) is 5.56 Å². The van der Waals surface area contributed by atoms with E-state index in [4.69, 9.17) is 0 Å². The Bertz CT molecular complexity index is 1170. The summed E-state index contributed by atoms with van der Waals surface area (Å²) in [6, 6.07) is 7.64. The van der Waals surface area contributed by atoms with E-state index in [1.807, 2.05) is 31.2 Å². The Kier molecular flexibility index (Phi) is 5.13. The lowest BCUT2D eigenvalue weighted by Crippen LogP contribution is -2.37. The summed E-state index contributed by atoms with van der Waals surface area (Å²) < 4.78 is 5.06. The second kappa shape index (κ2) is 7.36. The summed E-state index contributed by atoms with van der Waals surface area (Å²) in [6.07, 6.45) is 1.65. The lowest BCUT2D eigenvalue weighted by atomic mass is 10.2. The van der Waals surface area contributed by atoms with Gasteiger partial charge >= 0.3 is 5.69 Å². The highest BCUT2D eigenvalue weighted by Crippen LogP contribution is 2.17. The van der Waals surface area contributed by atoms with Crippen LogP contribution in [0, 0.1) is 0 Å². The van der Waals surface area contributed by atoms with Crippen LogP contribution in [0.1, 0.15) is 12.5 Å². The molecule has 2 aromatic heterocycles. The minimum atomic E-state index is -0.433. The maximum atomic E-state index is 12.6. The molecular formula is C18H19BrN6O2. The van der Waals surface area contributed by atoms with Crippen molar-refractivity contribution < 1.29 is 0 Å². The lowest BCUT2D eigenvalue weighted by Gasteiger charge is -2.08. The number of nitrogens with zero attached hydrogens (tertiary/aromatic N) is 5. The normalized spacial score (nSPS) is 11.4. The van der Waals surface area contributed by atoms with E-state index in [0.29, 0.717) is 23.7 Å². The van der Waals surface area contributed by atoms with Crippen LogP contribution in [0.2, 0.25) is 0 Å². The van der Waals surface area contributed by atoms with Crippen LogP contribution in [0.3, 0.4) is 0 Å². The lowest BCUT2D eigenvalue weighted by molar-refractivity contribution is 0.702. The van der Waals surface area contributed by atoms with Crippen molar-refractivity contribution in [3.8, 4) is 0 Å². The number of rotatable bonds is 5. The van der Waals surface area contributed by atoms with Crippen molar-refractivity contribution in [1.82, 2.24) is 18.7 Å². The van der Waals surface area contributed by atoms with E-state index >= 15 is 0 Å². The molecule has 9 heteroatoms. The topological polar surface area (TPSA) is 86.2 Å². The Balaban J connectivity index is 2.09. The van der Waals surface area contributed by atoms with E-state index in [-0.39, 0.29) is 0 Å². The second-order valence-corrected chi connectivity index (χ2v) is 7.19. The number of hydrazone groups is 1. The minimum Gasteiger partial charge on any atom is -0.299 e. The molecule has 0 saturated carbocycles. The zero-order chi connectivity index (χ0) is 19.7. The molecule has 0 bridgehead atoms. The maximum Gasteiger partial charge on any atom is 0.332 e. The Morgan fingerprint density at radius 1 is 1.26 bits per heavy atom. The van der Waals surface area contributed by atoms with Gasteiger partial charge in [-0.2, -0.15) is 10.1 Å². The first-order valence-corrected chi connectivity index (χ1v) is 8.94. The monoisotopic (exact) mass is 430 g/mol. The SMILES string of the molecule is C=C(C)Cn1c(NN=Cc2ccc(Br)cc2)nc2c1c(=O)n(C)c(=O)n2C. The van der Waals surface area contributed by atoms with Gasteiger partial charge in [0.1, 0.15) is 0 Å². The molecular weight excluding hydrogens is 412 g/mol. The van der Waals surface area contributed by atoms with Gasteiger partial charge in [0.05, 0.1) is 6.21 Å². The fourth-order valence-electron chi connectivity index (χ4n) is 2.67. The molecule has 0 radical (unpaired) electrons. The molecule has 0 aliphatic carbocycles. The molecule has 0 atom stereocenters. The van der Waals surface area contributed by atoms with Gasteiger partial charge in [-0.25, -0.2) is 10.2 Å². The molecule has 2 heterocycles. The van der Waals surface area contributed by atoms with Crippen LogP contribution in [-0.4, -0.2) is 24.9 Å². The molecule has 8 nitrogen and oxygen atoms in total. The highest BCUT2D eigenvalue weighted by Gasteiger charge is 2.18. The fraction of sp³-hybridized carbons (Fsp3) is 0.222. The molecule has 0 fully saturated rings. The summed E-state index contributed by atoms with van der Waals surface area (Å²) in [5.41, 5.74) is 4.38. The van der Waals surface area contributed by atoms with Crippen LogP contribution in [-0.2, 0) is 20.6 Å². The number of fused-ring (bicyclic) bond motifs is 1. The first-order valence-electron chi connectivity index (χ1n) is 8.15. The molecule has 140 valence electrons. The standard InChI is InChI=1S/C18H19BrN6O2/c1-11(2)10-25-14-15(23(3)18(27)24(4)16(14)26)21-17(25)22-20-9-12-5-7-13(19)8-6-12/h5-9H,1,10H2,2-4H3,(H,21,22). The third-order valence-electron chi connectivity index (χ3n) is 4.02. The fourth-order valence-corrected chi connectivity index (χ4v) is 2.93. The number of benzene rings is 1. The zero-order valence-electron chi connectivity index (χ0n) is 15.2. The van der Waals surface area contributed by atoms with Crippen LogP contribution in [0.15, 0.2) is 55.6 Å². The number of halogens is 1. The van der Waals surface area contributed by atoms with Gasteiger partial charge < -0.3 is 0 Å². The average molecular weight is 431 g/mol. The van der Waals surface area contributed by atoms with E-state index < -0.39 is 11.2 Å². The summed E-state index contributed by atoms with van der Waals surface area (Å²) in [5, 5.41) is 4.21. The largest absolute Gasteiger partial charge is 0.332 e. The Morgan fingerprint density at radius 3 is 2.56 bits per heavy atom. The first-order chi connectivity index (χ1) is 12.8. The summed E-state index contributed by atoms with van der Waals surface area (Å²) in [5.74, 6) is 0.361. The van der Waals surface area contributed by atoms with Crippen LogP contribution in [0.5, 0.6) is 0 Å². The molecule has 0 spiro atoms. The minimum absolute atomic E-state index is 0.297. The number of aryl methyl sites for hydroxylation is 1. The third-order valence-corrected chi connectivity index (χ3v) is 4.55. The van der Waals surface area contributed by atoms with Crippen molar-refractivity contribution in [2.45, 2.75) is 13.5 Å². The van der Waals surface area contributed by atoms with Gasteiger partial charge in [-0.15, -0.1) is 0 Å².